The predicted octanol–water partition coefficient (Wildman–Crippen LogP) is 2.99. The summed E-state index contributed by atoms with van der Waals surface area (Å²) in [4.78, 5) is 0. The summed E-state index contributed by atoms with van der Waals surface area (Å²) in [6.45, 7) is 0. The van der Waals surface area contributed by atoms with Gasteiger partial charge in [0.25, 0.3) is 0 Å². The Labute approximate surface area is 113 Å². The predicted molar refractivity (Wildman–Crippen MR) is 66.5 cm³/mol. The van der Waals surface area contributed by atoms with Gasteiger partial charge >= 0.3 is 0 Å². The Balaban J connectivity index is 2.37. The van der Waals surface area contributed by atoms with Crippen molar-refractivity contribution >= 4 is 0 Å². The summed E-state index contributed by atoms with van der Waals surface area (Å²) in [5, 5.41) is 0. The summed E-state index contributed by atoms with van der Waals surface area (Å²) in [6.07, 6.45) is -0.0668. The standard InChI is InChI=1S/C14H12F4N2/c15-9-6-11(17)14(12(18)7-9)13(20-19)5-8-3-1-2-4-10(8)16/h1-4,6-7,13,20H,5,19H2. The summed E-state index contributed by atoms with van der Waals surface area (Å²) in [5.41, 5.74) is 2.06. The van der Waals surface area contributed by atoms with E-state index >= 15 is 0 Å². The van der Waals surface area contributed by atoms with Crippen molar-refractivity contribution in [1.82, 2.24) is 5.43 Å². The van der Waals surface area contributed by atoms with Gasteiger partial charge in [0.05, 0.1) is 6.04 Å². The fraction of sp³-hybridized carbons (Fsp3) is 0.143. The summed E-state index contributed by atoms with van der Waals surface area (Å²) in [5.74, 6) is 1.62. The number of nitrogens with one attached hydrogen (secondary N) is 1. The molecule has 0 aliphatic heterocycles. The second kappa shape index (κ2) is 6.02. The maximum absolute atomic E-state index is 13.7. The SMILES string of the molecule is NNC(Cc1ccccc1F)c1c(F)cc(F)cc1F. The fourth-order valence-corrected chi connectivity index (χ4v) is 2.01. The van der Waals surface area contributed by atoms with Crippen LogP contribution in [0.1, 0.15) is 17.2 Å². The maximum Gasteiger partial charge on any atom is 0.133 e. The highest BCUT2D eigenvalue weighted by Crippen LogP contribution is 2.25. The Hall–Kier alpha value is -1.92. The third kappa shape index (κ3) is 2.97. The molecule has 106 valence electrons. The number of hydrazine groups is 1. The van der Waals surface area contributed by atoms with Gasteiger partial charge < -0.3 is 0 Å². The first-order valence-corrected chi connectivity index (χ1v) is 5.87. The maximum atomic E-state index is 13.7. The average molecular weight is 284 g/mol. The van der Waals surface area contributed by atoms with E-state index in [-0.39, 0.29) is 12.0 Å². The van der Waals surface area contributed by atoms with Crippen molar-refractivity contribution in [3.05, 3.63) is 70.8 Å². The van der Waals surface area contributed by atoms with Crippen molar-refractivity contribution in [3.8, 4) is 0 Å². The van der Waals surface area contributed by atoms with Gasteiger partial charge in [0, 0.05) is 17.7 Å². The Morgan fingerprint density at radius 3 is 2.10 bits per heavy atom. The zero-order chi connectivity index (χ0) is 14.7. The van der Waals surface area contributed by atoms with Crippen LogP contribution in [-0.2, 0) is 6.42 Å². The lowest BCUT2D eigenvalue weighted by Gasteiger charge is -2.18. The molecule has 1 unspecified atom stereocenters. The third-order valence-electron chi connectivity index (χ3n) is 2.98. The first-order valence-electron chi connectivity index (χ1n) is 5.87. The number of rotatable bonds is 4. The molecule has 1 atom stereocenters. The Morgan fingerprint density at radius 1 is 0.950 bits per heavy atom. The van der Waals surface area contributed by atoms with Crippen molar-refractivity contribution in [2.75, 3.05) is 0 Å². The molecule has 0 radical (unpaired) electrons. The highest BCUT2D eigenvalue weighted by atomic mass is 19.1. The van der Waals surface area contributed by atoms with E-state index in [0.717, 1.165) is 0 Å². The van der Waals surface area contributed by atoms with E-state index in [1.807, 2.05) is 0 Å². The van der Waals surface area contributed by atoms with Crippen LogP contribution in [0.15, 0.2) is 36.4 Å². The summed E-state index contributed by atoms with van der Waals surface area (Å²) >= 11 is 0. The molecule has 20 heavy (non-hydrogen) atoms. The molecule has 0 aromatic heterocycles. The van der Waals surface area contributed by atoms with E-state index in [2.05, 4.69) is 5.43 Å². The van der Waals surface area contributed by atoms with Gasteiger partial charge in [-0.1, -0.05) is 18.2 Å². The van der Waals surface area contributed by atoms with E-state index in [1.165, 1.54) is 18.2 Å². The second-order valence-electron chi connectivity index (χ2n) is 4.30. The lowest BCUT2D eigenvalue weighted by molar-refractivity contribution is 0.456. The van der Waals surface area contributed by atoms with Gasteiger partial charge in [0.1, 0.15) is 23.3 Å². The van der Waals surface area contributed by atoms with E-state index in [9.17, 15) is 17.6 Å². The lowest BCUT2D eigenvalue weighted by Crippen LogP contribution is -2.31. The second-order valence-corrected chi connectivity index (χ2v) is 4.30. The molecule has 0 fully saturated rings. The van der Waals surface area contributed by atoms with Crippen LogP contribution in [0, 0.1) is 23.3 Å². The Kier molecular flexibility index (Phi) is 4.36. The van der Waals surface area contributed by atoms with E-state index in [4.69, 9.17) is 5.84 Å². The molecular formula is C14H12F4N2. The first-order chi connectivity index (χ1) is 9.52. The number of hydrogen-bond acceptors (Lipinski definition) is 2. The average Bonchev–Trinajstić information content (AvgIpc) is 2.38. The summed E-state index contributed by atoms with van der Waals surface area (Å²) in [7, 11) is 0. The minimum atomic E-state index is -1.07. The molecule has 0 aliphatic carbocycles. The quantitative estimate of drug-likeness (QED) is 0.514. The minimum absolute atomic E-state index is 0.0668. The molecule has 6 heteroatoms. The molecule has 0 saturated carbocycles. The number of hydrogen-bond donors (Lipinski definition) is 2. The van der Waals surface area contributed by atoms with Crippen molar-refractivity contribution in [3.63, 3.8) is 0 Å². The molecule has 0 spiro atoms. The van der Waals surface area contributed by atoms with Crippen molar-refractivity contribution in [1.29, 1.82) is 0 Å². The fourth-order valence-electron chi connectivity index (χ4n) is 2.01. The van der Waals surface area contributed by atoms with Crippen molar-refractivity contribution in [2.45, 2.75) is 12.5 Å². The Bertz CT molecular complexity index is 593. The molecule has 2 rings (SSSR count). The van der Waals surface area contributed by atoms with Gasteiger partial charge in [-0.3, -0.25) is 11.3 Å². The molecule has 3 N–H and O–H groups in total. The van der Waals surface area contributed by atoms with Crippen LogP contribution in [-0.4, -0.2) is 0 Å². The van der Waals surface area contributed by atoms with Gasteiger partial charge in [0.2, 0.25) is 0 Å². The number of halogens is 4. The molecular weight excluding hydrogens is 272 g/mol. The van der Waals surface area contributed by atoms with E-state index in [0.29, 0.717) is 12.1 Å². The zero-order valence-electron chi connectivity index (χ0n) is 10.3. The van der Waals surface area contributed by atoms with Gasteiger partial charge in [-0.2, -0.15) is 0 Å². The largest absolute Gasteiger partial charge is 0.271 e. The van der Waals surface area contributed by atoms with Gasteiger partial charge in [-0.15, -0.1) is 0 Å². The van der Waals surface area contributed by atoms with Gasteiger partial charge in [-0.25, -0.2) is 17.6 Å². The Morgan fingerprint density at radius 2 is 1.55 bits per heavy atom. The monoisotopic (exact) mass is 284 g/mol. The summed E-state index contributed by atoms with van der Waals surface area (Å²) < 4.78 is 53.8. The minimum Gasteiger partial charge on any atom is -0.271 e. The smallest absolute Gasteiger partial charge is 0.133 e. The van der Waals surface area contributed by atoms with Crippen LogP contribution < -0.4 is 11.3 Å². The molecule has 2 aromatic rings. The van der Waals surface area contributed by atoms with Crippen molar-refractivity contribution < 1.29 is 17.6 Å². The normalized spacial score (nSPS) is 12.4. The van der Waals surface area contributed by atoms with Crippen molar-refractivity contribution in [2.24, 2.45) is 5.84 Å². The molecule has 0 heterocycles. The molecule has 0 amide bonds. The van der Waals surface area contributed by atoms with Crippen LogP contribution >= 0.6 is 0 Å². The van der Waals surface area contributed by atoms with E-state index in [1.54, 1.807) is 6.07 Å². The van der Waals surface area contributed by atoms with Crippen LogP contribution in [0.2, 0.25) is 0 Å². The van der Waals surface area contributed by atoms with Gasteiger partial charge in [0.15, 0.2) is 0 Å². The lowest BCUT2D eigenvalue weighted by atomic mass is 9.98. The highest BCUT2D eigenvalue weighted by Gasteiger charge is 2.21. The first kappa shape index (κ1) is 14.5. The third-order valence-corrected chi connectivity index (χ3v) is 2.98. The van der Waals surface area contributed by atoms with Crippen LogP contribution in [0.25, 0.3) is 0 Å². The molecule has 0 bridgehead atoms. The summed E-state index contributed by atoms with van der Waals surface area (Å²) in [6, 6.07) is 5.94. The van der Waals surface area contributed by atoms with Crippen LogP contribution in [0.4, 0.5) is 17.6 Å². The van der Waals surface area contributed by atoms with Crippen LogP contribution in [0.5, 0.6) is 0 Å². The number of benzene rings is 2. The van der Waals surface area contributed by atoms with E-state index < -0.39 is 34.9 Å². The number of nitrogens with two attached hydrogens (primary N) is 1. The highest BCUT2D eigenvalue weighted by molar-refractivity contribution is 5.27. The molecule has 0 aliphatic rings. The topological polar surface area (TPSA) is 38.0 Å². The van der Waals surface area contributed by atoms with Crippen LogP contribution in [0.3, 0.4) is 0 Å². The van der Waals surface area contributed by atoms with Gasteiger partial charge in [-0.05, 0) is 18.1 Å². The zero-order valence-corrected chi connectivity index (χ0v) is 10.3. The molecule has 2 aromatic carbocycles. The molecule has 0 saturated heterocycles. The molecule has 2 nitrogen and oxygen atoms in total.